The summed E-state index contributed by atoms with van der Waals surface area (Å²) in [6, 6.07) is 14.1. The number of hydrogen-bond acceptors (Lipinski definition) is 3. The topological polar surface area (TPSA) is 50.9 Å². The highest BCUT2D eigenvalue weighted by Gasteiger charge is 2.10. The maximum Gasteiger partial charge on any atom is 0.169 e. The van der Waals surface area contributed by atoms with Crippen molar-refractivity contribution in [2.45, 2.75) is 0 Å². The monoisotopic (exact) mass is 271 g/mol. The molecule has 0 radical (unpaired) electrons. The summed E-state index contributed by atoms with van der Waals surface area (Å²) in [4.78, 5) is 3.66. The molecule has 0 aliphatic heterocycles. The second kappa shape index (κ2) is 4.77. The standard InChI is InChI=1S/C15H11F2N3/c16-12-8-13(17)15(20-14(12)18)19-11-6-5-9-3-1-2-4-10(9)7-11/h1-8H,(H3,18,19,20). The van der Waals surface area contributed by atoms with Crippen LogP contribution in [-0.2, 0) is 0 Å². The van der Waals surface area contributed by atoms with Crippen molar-refractivity contribution in [3.8, 4) is 0 Å². The Hall–Kier alpha value is -2.69. The fraction of sp³-hybridized carbons (Fsp3) is 0. The van der Waals surface area contributed by atoms with Gasteiger partial charge in [0.25, 0.3) is 0 Å². The van der Waals surface area contributed by atoms with Gasteiger partial charge in [-0.25, -0.2) is 13.8 Å². The number of pyridine rings is 1. The first-order valence-corrected chi connectivity index (χ1v) is 6.01. The van der Waals surface area contributed by atoms with Crippen LogP contribution in [-0.4, -0.2) is 4.98 Å². The van der Waals surface area contributed by atoms with Crippen LogP contribution in [0.2, 0.25) is 0 Å². The van der Waals surface area contributed by atoms with Crippen LogP contribution in [0.3, 0.4) is 0 Å². The largest absolute Gasteiger partial charge is 0.381 e. The highest BCUT2D eigenvalue weighted by atomic mass is 19.1. The number of benzene rings is 2. The number of fused-ring (bicyclic) bond motifs is 1. The minimum Gasteiger partial charge on any atom is -0.381 e. The van der Waals surface area contributed by atoms with Gasteiger partial charge < -0.3 is 11.1 Å². The van der Waals surface area contributed by atoms with Crippen LogP contribution in [0.1, 0.15) is 0 Å². The molecule has 2 aromatic carbocycles. The summed E-state index contributed by atoms with van der Waals surface area (Å²) in [5.41, 5.74) is 5.99. The summed E-state index contributed by atoms with van der Waals surface area (Å²) in [6.45, 7) is 0. The maximum absolute atomic E-state index is 13.6. The molecule has 0 atom stereocenters. The Bertz CT molecular complexity index is 787. The summed E-state index contributed by atoms with van der Waals surface area (Å²) in [5, 5.41) is 4.88. The Morgan fingerprint density at radius 2 is 1.65 bits per heavy atom. The molecule has 0 saturated carbocycles. The normalized spacial score (nSPS) is 10.7. The number of nitrogens with one attached hydrogen (secondary N) is 1. The zero-order valence-corrected chi connectivity index (χ0v) is 10.4. The fourth-order valence-electron chi connectivity index (χ4n) is 1.97. The van der Waals surface area contributed by atoms with E-state index in [9.17, 15) is 8.78 Å². The van der Waals surface area contributed by atoms with Crippen LogP contribution in [0.5, 0.6) is 0 Å². The van der Waals surface area contributed by atoms with E-state index in [-0.39, 0.29) is 11.6 Å². The quantitative estimate of drug-likeness (QED) is 0.744. The predicted molar refractivity (Wildman–Crippen MR) is 75.8 cm³/mol. The van der Waals surface area contributed by atoms with Crippen LogP contribution < -0.4 is 11.1 Å². The first-order chi connectivity index (χ1) is 9.63. The number of nitrogen functional groups attached to an aromatic ring is 1. The van der Waals surface area contributed by atoms with Crippen molar-refractivity contribution >= 4 is 28.1 Å². The van der Waals surface area contributed by atoms with E-state index in [1.165, 1.54) is 0 Å². The smallest absolute Gasteiger partial charge is 0.169 e. The molecule has 20 heavy (non-hydrogen) atoms. The molecule has 0 amide bonds. The van der Waals surface area contributed by atoms with Crippen molar-refractivity contribution in [1.29, 1.82) is 0 Å². The van der Waals surface area contributed by atoms with Crippen LogP contribution in [0.25, 0.3) is 10.8 Å². The molecule has 0 aliphatic rings. The first kappa shape index (κ1) is 12.3. The lowest BCUT2D eigenvalue weighted by molar-refractivity contribution is 0.581. The molecule has 1 heterocycles. The molecule has 3 nitrogen and oxygen atoms in total. The SMILES string of the molecule is Nc1nc(Nc2ccc3ccccc3c2)c(F)cc1F. The van der Waals surface area contributed by atoms with Gasteiger partial charge >= 0.3 is 0 Å². The van der Waals surface area contributed by atoms with Gasteiger partial charge in [0.05, 0.1) is 0 Å². The third kappa shape index (κ3) is 2.25. The zero-order valence-electron chi connectivity index (χ0n) is 10.4. The Labute approximate surface area is 114 Å². The molecule has 0 bridgehead atoms. The molecule has 0 aliphatic carbocycles. The molecule has 3 aromatic rings. The number of rotatable bonds is 2. The minimum atomic E-state index is -0.869. The van der Waals surface area contributed by atoms with Crippen LogP contribution in [0.4, 0.5) is 26.1 Å². The van der Waals surface area contributed by atoms with Crippen molar-refractivity contribution in [1.82, 2.24) is 4.98 Å². The van der Waals surface area contributed by atoms with Crippen molar-refractivity contribution < 1.29 is 8.78 Å². The van der Waals surface area contributed by atoms with E-state index in [2.05, 4.69) is 10.3 Å². The molecule has 0 unspecified atom stereocenters. The van der Waals surface area contributed by atoms with Gasteiger partial charge in [-0.1, -0.05) is 30.3 Å². The maximum atomic E-state index is 13.6. The van der Waals surface area contributed by atoms with Gasteiger partial charge in [-0.05, 0) is 22.9 Å². The summed E-state index contributed by atoms with van der Waals surface area (Å²) in [5.74, 6) is -2.09. The Kier molecular flexibility index (Phi) is 2.95. The van der Waals surface area contributed by atoms with E-state index in [0.29, 0.717) is 11.8 Å². The third-order valence-electron chi connectivity index (χ3n) is 2.97. The van der Waals surface area contributed by atoms with Crippen LogP contribution >= 0.6 is 0 Å². The number of halogens is 2. The highest BCUT2D eigenvalue weighted by Crippen LogP contribution is 2.24. The molecule has 5 heteroatoms. The van der Waals surface area contributed by atoms with Gasteiger partial charge in [0.2, 0.25) is 0 Å². The van der Waals surface area contributed by atoms with Crippen molar-refractivity contribution in [2.24, 2.45) is 0 Å². The van der Waals surface area contributed by atoms with E-state index >= 15 is 0 Å². The number of nitrogens with zero attached hydrogens (tertiary/aromatic N) is 1. The third-order valence-corrected chi connectivity index (χ3v) is 2.97. The minimum absolute atomic E-state index is 0.0980. The van der Waals surface area contributed by atoms with E-state index in [1.54, 1.807) is 6.07 Å². The molecular weight excluding hydrogens is 260 g/mol. The number of nitrogens with two attached hydrogens (primary N) is 1. The van der Waals surface area contributed by atoms with Crippen molar-refractivity contribution in [3.63, 3.8) is 0 Å². The fourth-order valence-corrected chi connectivity index (χ4v) is 1.97. The summed E-state index contributed by atoms with van der Waals surface area (Å²) >= 11 is 0. The van der Waals surface area contributed by atoms with Gasteiger partial charge in [-0.2, -0.15) is 0 Å². The van der Waals surface area contributed by atoms with Gasteiger partial charge in [-0.3, -0.25) is 0 Å². The van der Waals surface area contributed by atoms with Gasteiger partial charge in [0.1, 0.15) is 0 Å². The lowest BCUT2D eigenvalue weighted by Gasteiger charge is -2.09. The Morgan fingerprint density at radius 1 is 0.900 bits per heavy atom. The van der Waals surface area contributed by atoms with Crippen LogP contribution in [0, 0.1) is 11.6 Å². The lowest BCUT2D eigenvalue weighted by Crippen LogP contribution is -2.03. The molecule has 0 fully saturated rings. The van der Waals surface area contributed by atoms with Crippen LogP contribution in [0.15, 0.2) is 48.5 Å². The molecule has 1 aromatic heterocycles. The summed E-state index contributed by atoms with van der Waals surface area (Å²) in [7, 11) is 0. The number of anilines is 3. The Morgan fingerprint density at radius 3 is 2.45 bits per heavy atom. The molecule has 3 N–H and O–H groups in total. The van der Waals surface area contributed by atoms with Crippen molar-refractivity contribution in [3.05, 3.63) is 60.2 Å². The van der Waals surface area contributed by atoms with E-state index in [0.717, 1.165) is 10.8 Å². The van der Waals surface area contributed by atoms with Gasteiger partial charge in [0, 0.05) is 11.8 Å². The Balaban J connectivity index is 1.99. The highest BCUT2D eigenvalue weighted by molar-refractivity contribution is 5.86. The number of hydrogen-bond donors (Lipinski definition) is 2. The van der Waals surface area contributed by atoms with E-state index in [1.807, 2.05) is 36.4 Å². The number of aromatic nitrogens is 1. The van der Waals surface area contributed by atoms with Gasteiger partial charge in [-0.15, -0.1) is 0 Å². The summed E-state index contributed by atoms with van der Waals surface area (Å²) in [6.07, 6.45) is 0. The lowest BCUT2D eigenvalue weighted by atomic mass is 10.1. The summed E-state index contributed by atoms with van der Waals surface area (Å²) < 4.78 is 26.7. The zero-order chi connectivity index (χ0) is 14.1. The molecule has 0 saturated heterocycles. The second-order valence-electron chi connectivity index (χ2n) is 4.37. The average molecular weight is 271 g/mol. The van der Waals surface area contributed by atoms with E-state index < -0.39 is 11.6 Å². The first-order valence-electron chi connectivity index (χ1n) is 6.01. The molecular formula is C15H11F2N3. The molecule has 0 spiro atoms. The van der Waals surface area contributed by atoms with Crippen molar-refractivity contribution in [2.75, 3.05) is 11.1 Å². The van der Waals surface area contributed by atoms with E-state index in [4.69, 9.17) is 5.73 Å². The predicted octanol–water partition coefficient (Wildman–Crippen LogP) is 3.84. The second-order valence-corrected chi connectivity index (χ2v) is 4.37. The average Bonchev–Trinajstić information content (AvgIpc) is 2.44. The van der Waals surface area contributed by atoms with Gasteiger partial charge in [0.15, 0.2) is 23.3 Å². The molecule has 3 rings (SSSR count). The molecule has 100 valence electrons.